The fourth-order valence-corrected chi connectivity index (χ4v) is 2.50. The predicted molar refractivity (Wildman–Crippen MR) is 80.7 cm³/mol. The molecule has 0 bridgehead atoms. The number of ether oxygens (including phenoxy) is 2. The number of likely N-dealkylation sites (N-methyl/N-ethyl adjacent to an activating group) is 1. The molecule has 112 valence electrons. The van der Waals surface area contributed by atoms with Gasteiger partial charge in [0.15, 0.2) is 17.6 Å². The van der Waals surface area contributed by atoms with Crippen LogP contribution in [0.2, 0.25) is 0 Å². The Balaban J connectivity index is 1.75. The molecule has 3 rings (SSSR count). The minimum atomic E-state index is -0.516. The zero-order valence-electron chi connectivity index (χ0n) is 12.1. The van der Waals surface area contributed by atoms with Crippen molar-refractivity contribution in [3.05, 3.63) is 53.8 Å². The number of nitriles is 1. The number of rotatable bonds is 3. The Hall–Kier alpha value is -2.74. The van der Waals surface area contributed by atoms with E-state index in [2.05, 4.69) is 0 Å². The van der Waals surface area contributed by atoms with Crippen molar-refractivity contribution in [2.45, 2.75) is 6.10 Å². The van der Waals surface area contributed by atoms with Gasteiger partial charge in [-0.2, -0.15) is 5.26 Å². The minimum Gasteiger partial charge on any atom is -0.486 e. The molecule has 0 saturated heterocycles. The summed E-state index contributed by atoms with van der Waals surface area (Å²) >= 11 is 0. The maximum atomic E-state index is 13.7. The summed E-state index contributed by atoms with van der Waals surface area (Å²) < 4.78 is 25.2. The van der Waals surface area contributed by atoms with Crippen LogP contribution < -0.4 is 14.4 Å². The number of halogens is 1. The molecule has 0 saturated carbocycles. The lowest BCUT2D eigenvalue weighted by Gasteiger charge is -2.30. The molecule has 4 nitrogen and oxygen atoms in total. The predicted octanol–water partition coefficient (Wildman–Crippen LogP) is 2.97. The van der Waals surface area contributed by atoms with Crippen molar-refractivity contribution in [3.63, 3.8) is 0 Å². The van der Waals surface area contributed by atoms with Crippen LogP contribution in [-0.4, -0.2) is 26.3 Å². The molecular formula is C17H15FN2O2. The zero-order chi connectivity index (χ0) is 15.5. The van der Waals surface area contributed by atoms with Crippen molar-refractivity contribution < 1.29 is 13.9 Å². The lowest BCUT2D eigenvalue weighted by molar-refractivity contribution is 0.0960. The van der Waals surface area contributed by atoms with E-state index in [4.69, 9.17) is 14.7 Å². The molecule has 5 heteroatoms. The third-order valence-corrected chi connectivity index (χ3v) is 3.56. The minimum absolute atomic E-state index is 0.0436. The van der Waals surface area contributed by atoms with E-state index in [1.165, 1.54) is 6.07 Å². The van der Waals surface area contributed by atoms with Gasteiger partial charge in [-0.1, -0.05) is 18.2 Å². The zero-order valence-corrected chi connectivity index (χ0v) is 12.1. The van der Waals surface area contributed by atoms with E-state index in [9.17, 15) is 4.39 Å². The molecule has 1 atom stereocenters. The Morgan fingerprint density at radius 2 is 2.00 bits per heavy atom. The Bertz CT molecular complexity index is 727. The molecule has 1 heterocycles. The van der Waals surface area contributed by atoms with E-state index in [0.717, 1.165) is 5.75 Å². The molecule has 0 radical (unpaired) electrons. The number of anilines is 1. The smallest absolute Gasteiger partial charge is 0.161 e. The summed E-state index contributed by atoms with van der Waals surface area (Å²) in [5.41, 5.74) is 0.590. The molecule has 0 fully saturated rings. The molecule has 22 heavy (non-hydrogen) atoms. The molecule has 2 aromatic carbocycles. The van der Waals surface area contributed by atoms with Gasteiger partial charge in [0.05, 0.1) is 12.2 Å². The van der Waals surface area contributed by atoms with Crippen molar-refractivity contribution in [1.29, 1.82) is 5.26 Å². The van der Waals surface area contributed by atoms with Gasteiger partial charge in [0.1, 0.15) is 24.1 Å². The Labute approximate surface area is 128 Å². The SMILES string of the molecule is CN(C[C@@H]1COc2ccccc2O1)c1cccc(F)c1C#N. The number of fused-ring (bicyclic) bond motifs is 1. The first-order chi connectivity index (χ1) is 10.7. The van der Waals surface area contributed by atoms with Gasteiger partial charge >= 0.3 is 0 Å². The van der Waals surface area contributed by atoms with Gasteiger partial charge in [0.2, 0.25) is 0 Å². The van der Waals surface area contributed by atoms with E-state index < -0.39 is 5.82 Å². The number of nitrogens with zero attached hydrogens (tertiary/aromatic N) is 2. The highest BCUT2D eigenvalue weighted by atomic mass is 19.1. The molecule has 0 amide bonds. The summed E-state index contributed by atoms with van der Waals surface area (Å²) in [5, 5.41) is 9.11. The summed E-state index contributed by atoms with van der Waals surface area (Å²) in [4.78, 5) is 1.81. The molecular weight excluding hydrogens is 283 g/mol. The van der Waals surface area contributed by atoms with Gasteiger partial charge in [0, 0.05) is 7.05 Å². The van der Waals surface area contributed by atoms with Crippen molar-refractivity contribution in [2.75, 3.05) is 25.1 Å². The molecule has 0 unspecified atom stereocenters. The highest BCUT2D eigenvalue weighted by Crippen LogP contribution is 2.31. The third-order valence-electron chi connectivity index (χ3n) is 3.56. The Morgan fingerprint density at radius 1 is 1.23 bits per heavy atom. The molecule has 0 aromatic heterocycles. The lowest BCUT2D eigenvalue weighted by atomic mass is 10.1. The third kappa shape index (κ3) is 2.68. The summed E-state index contributed by atoms with van der Waals surface area (Å²) in [6.07, 6.45) is -0.185. The van der Waals surface area contributed by atoms with Gasteiger partial charge in [-0.15, -0.1) is 0 Å². The van der Waals surface area contributed by atoms with Gasteiger partial charge in [0.25, 0.3) is 0 Å². The molecule has 0 aliphatic carbocycles. The molecule has 1 aliphatic rings. The second-order valence-electron chi connectivity index (χ2n) is 5.12. The molecule has 1 aliphatic heterocycles. The van der Waals surface area contributed by atoms with Crippen LogP contribution in [0.5, 0.6) is 11.5 Å². The van der Waals surface area contributed by atoms with E-state index in [1.807, 2.05) is 35.2 Å². The van der Waals surface area contributed by atoms with Crippen LogP contribution >= 0.6 is 0 Å². The van der Waals surface area contributed by atoms with Crippen LogP contribution in [0.4, 0.5) is 10.1 Å². The first kappa shape index (κ1) is 14.2. The van der Waals surface area contributed by atoms with Crippen LogP contribution in [0, 0.1) is 17.1 Å². The molecule has 2 aromatic rings. The molecule has 0 N–H and O–H groups in total. The van der Waals surface area contributed by atoms with Crippen LogP contribution in [0.15, 0.2) is 42.5 Å². The fraction of sp³-hybridized carbons (Fsp3) is 0.235. The molecule has 0 spiro atoms. The standard InChI is InChI=1S/C17H15FN2O2/c1-20(15-6-4-5-14(18)13(15)9-19)10-12-11-21-16-7-2-3-8-17(16)22-12/h2-8,12H,10-11H2,1H3/t12-/m1/s1. The largest absolute Gasteiger partial charge is 0.486 e. The van der Waals surface area contributed by atoms with E-state index >= 15 is 0 Å². The summed E-state index contributed by atoms with van der Waals surface area (Å²) in [5.74, 6) is 0.912. The first-order valence-corrected chi connectivity index (χ1v) is 6.97. The number of benzene rings is 2. The summed E-state index contributed by atoms with van der Waals surface area (Å²) in [6.45, 7) is 0.908. The van der Waals surface area contributed by atoms with Gasteiger partial charge < -0.3 is 14.4 Å². The second-order valence-corrected chi connectivity index (χ2v) is 5.12. The van der Waals surface area contributed by atoms with E-state index in [-0.39, 0.29) is 11.7 Å². The van der Waals surface area contributed by atoms with Gasteiger partial charge in [-0.25, -0.2) is 4.39 Å². The maximum Gasteiger partial charge on any atom is 0.161 e. The number of hydrogen-bond donors (Lipinski definition) is 0. The van der Waals surface area contributed by atoms with Crippen LogP contribution in [-0.2, 0) is 0 Å². The highest BCUT2D eigenvalue weighted by Gasteiger charge is 2.23. The highest BCUT2D eigenvalue weighted by molar-refractivity contribution is 5.59. The first-order valence-electron chi connectivity index (χ1n) is 6.97. The van der Waals surface area contributed by atoms with Crippen LogP contribution in [0.25, 0.3) is 0 Å². The van der Waals surface area contributed by atoms with Crippen molar-refractivity contribution >= 4 is 5.69 Å². The summed E-state index contributed by atoms with van der Waals surface area (Å²) in [7, 11) is 1.81. The average molecular weight is 298 g/mol. The van der Waals surface area contributed by atoms with Gasteiger partial charge in [-0.05, 0) is 24.3 Å². The van der Waals surface area contributed by atoms with E-state index in [1.54, 1.807) is 19.2 Å². The Morgan fingerprint density at radius 3 is 2.77 bits per heavy atom. The number of hydrogen-bond acceptors (Lipinski definition) is 4. The maximum absolute atomic E-state index is 13.7. The number of para-hydroxylation sites is 2. The second kappa shape index (κ2) is 5.94. The van der Waals surface area contributed by atoms with Crippen molar-refractivity contribution in [2.24, 2.45) is 0 Å². The lowest BCUT2D eigenvalue weighted by Crippen LogP contribution is -2.39. The van der Waals surface area contributed by atoms with E-state index in [0.29, 0.717) is 24.6 Å². The van der Waals surface area contributed by atoms with Crippen LogP contribution in [0.1, 0.15) is 5.56 Å². The quantitative estimate of drug-likeness (QED) is 0.874. The van der Waals surface area contributed by atoms with Gasteiger partial charge in [-0.3, -0.25) is 0 Å². The topological polar surface area (TPSA) is 45.5 Å². The van der Waals surface area contributed by atoms with Crippen molar-refractivity contribution in [1.82, 2.24) is 0 Å². The normalized spacial score (nSPS) is 16.0. The summed E-state index contributed by atoms with van der Waals surface area (Å²) in [6, 6.07) is 14.0. The monoisotopic (exact) mass is 298 g/mol. The van der Waals surface area contributed by atoms with Crippen molar-refractivity contribution in [3.8, 4) is 17.6 Å². The fourth-order valence-electron chi connectivity index (χ4n) is 2.50. The Kier molecular flexibility index (Phi) is 3.84. The van der Waals surface area contributed by atoms with Crippen LogP contribution in [0.3, 0.4) is 0 Å². The average Bonchev–Trinajstić information content (AvgIpc) is 2.54.